The molecule has 0 aliphatic heterocycles. The van der Waals surface area contributed by atoms with Gasteiger partial charge in [0.1, 0.15) is 11.5 Å². The number of isothiocyanates is 1. The third-order valence-electron chi connectivity index (χ3n) is 5.09. The van der Waals surface area contributed by atoms with Crippen LogP contribution >= 0.6 is 12.2 Å². The third kappa shape index (κ3) is 6.93. The third-order valence-corrected chi connectivity index (χ3v) is 5.18. The van der Waals surface area contributed by atoms with Gasteiger partial charge in [0.25, 0.3) is 0 Å². The van der Waals surface area contributed by atoms with E-state index in [0.29, 0.717) is 5.56 Å². The van der Waals surface area contributed by atoms with Crippen molar-refractivity contribution in [2.24, 2.45) is 4.99 Å². The maximum absolute atomic E-state index is 14.6. The molecule has 0 heterocycles. The summed E-state index contributed by atoms with van der Waals surface area (Å²) in [6.45, 7) is 2.18. The lowest BCUT2D eigenvalue weighted by Gasteiger charge is -2.06. The summed E-state index contributed by atoms with van der Waals surface area (Å²) in [4.78, 5) is 3.37. The Morgan fingerprint density at radius 1 is 0.735 bits per heavy atom. The fourth-order valence-electron chi connectivity index (χ4n) is 3.26. The lowest BCUT2D eigenvalue weighted by Crippen LogP contribution is -1.90. The lowest BCUT2D eigenvalue weighted by atomic mass is 10.0. The number of thiocarbonyl (C=S) groups is 1. The van der Waals surface area contributed by atoms with Crippen molar-refractivity contribution in [2.45, 2.75) is 39.0 Å². The van der Waals surface area contributed by atoms with Gasteiger partial charge in [0, 0.05) is 17.5 Å². The van der Waals surface area contributed by atoms with Gasteiger partial charge in [-0.1, -0.05) is 55.9 Å². The minimum Gasteiger partial charge on any atom is -0.206 e. The van der Waals surface area contributed by atoms with Crippen LogP contribution in [0, 0.1) is 41.1 Å². The Morgan fingerprint density at radius 2 is 1.38 bits per heavy atom. The molecule has 0 aromatic heterocycles. The average Bonchev–Trinajstić information content (AvgIpc) is 2.83. The van der Waals surface area contributed by atoms with Gasteiger partial charge in [0.15, 0.2) is 11.6 Å². The van der Waals surface area contributed by atoms with Gasteiger partial charge in [0.2, 0.25) is 0 Å². The van der Waals surface area contributed by atoms with Crippen LogP contribution in [0.1, 0.15) is 55.7 Å². The minimum atomic E-state index is -0.902. The Labute approximate surface area is 203 Å². The van der Waals surface area contributed by atoms with Gasteiger partial charge in [-0.15, -0.1) is 0 Å². The number of nitrogens with zero attached hydrogens (tertiary/aromatic N) is 1. The molecule has 0 amide bonds. The van der Waals surface area contributed by atoms with Crippen LogP contribution in [-0.4, -0.2) is 5.16 Å². The standard InChI is InChI=1S/C29H22F3NS/c1-2-3-4-5-6-7-8-21-9-11-22(12-10-21)13-14-23-15-16-24(17-26(23)30)25-18-27(31)29(33-20-34)28(32)19-25/h9-12,15-19H,2-6H2,1H3. The summed E-state index contributed by atoms with van der Waals surface area (Å²) in [7, 11) is 0. The van der Waals surface area contributed by atoms with E-state index in [4.69, 9.17) is 0 Å². The van der Waals surface area contributed by atoms with Crippen LogP contribution < -0.4 is 0 Å². The van der Waals surface area contributed by atoms with Crippen LogP contribution in [0.2, 0.25) is 0 Å². The molecule has 3 rings (SSSR count). The van der Waals surface area contributed by atoms with E-state index in [-0.39, 0.29) is 11.1 Å². The normalized spacial score (nSPS) is 9.88. The molecule has 34 heavy (non-hydrogen) atoms. The van der Waals surface area contributed by atoms with Crippen LogP contribution in [0.3, 0.4) is 0 Å². The van der Waals surface area contributed by atoms with E-state index in [1.807, 2.05) is 29.4 Å². The Balaban J connectivity index is 1.71. The maximum Gasteiger partial charge on any atom is 0.153 e. The topological polar surface area (TPSA) is 12.4 Å². The van der Waals surface area contributed by atoms with E-state index in [9.17, 15) is 13.2 Å². The molecule has 0 atom stereocenters. The van der Waals surface area contributed by atoms with Crippen molar-refractivity contribution < 1.29 is 13.2 Å². The van der Waals surface area contributed by atoms with Gasteiger partial charge in [-0.05, 0) is 78.3 Å². The molecule has 0 aliphatic carbocycles. The molecule has 0 saturated carbocycles. The van der Waals surface area contributed by atoms with Gasteiger partial charge < -0.3 is 0 Å². The molecule has 0 fully saturated rings. The molecule has 0 saturated heterocycles. The molecular formula is C29H22F3NS. The average molecular weight is 474 g/mol. The summed E-state index contributed by atoms with van der Waals surface area (Å²) in [5, 5.41) is 1.94. The molecule has 0 unspecified atom stereocenters. The van der Waals surface area contributed by atoms with Crippen LogP contribution in [0.25, 0.3) is 11.1 Å². The van der Waals surface area contributed by atoms with Crippen molar-refractivity contribution >= 4 is 23.1 Å². The van der Waals surface area contributed by atoms with Crippen LogP contribution in [0.5, 0.6) is 0 Å². The van der Waals surface area contributed by atoms with E-state index in [2.05, 4.69) is 47.8 Å². The van der Waals surface area contributed by atoms with Crippen molar-refractivity contribution in [2.75, 3.05) is 0 Å². The number of hydrogen-bond acceptors (Lipinski definition) is 2. The summed E-state index contributed by atoms with van der Waals surface area (Å²) in [6, 6.07) is 13.9. The van der Waals surface area contributed by atoms with Crippen molar-refractivity contribution in [3.05, 3.63) is 88.7 Å². The number of unbranched alkanes of at least 4 members (excludes halogenated alkanes) is 4. The van der Waals surface area contributed by atoms with Gasteiger partial charge in [-0.25, -0.2) is 13.2 Å². The SMILES string of the molecule is CCCCCCC#Cc1ccc(C#Cc2ccc(-c3cc(F)c(N=C=S)c(F)c3)cc2F)cc1. The molecule has 3 aromatic rings. The van der Waals surface area contributed by atoms with E-state index in [0.717, 1.165) is 36.1 Å². The van der Waals surface area contributed by atoms with E-state index in [1.54, 1.807) is 6.07 Å². The highest BCUT2D eigenvalue weighted by atomic mass is 32.1. The highest BCUT2D eigenvalue weighted by molar-refractivity contribution is 7.78. The van der Waals surface area contributed by atoms with Gasteiger partial charge in [-0.2, -0.15) is 4.99 Å². The molecule has 0 aliphatic rings. The molecule has 3 aromatic carbocycles. The quantitative estimate of drug-likeness (QED) is 0.152. The highest BCUT2D eigenvalue weighted by Crippen LogP contribution is 2.29. The van der Waals surface area contributed by atoms with Gasteiger partial charge in [0.05, 0.1) is 10.7 Å². The number of aliphatic imine (C=N–C) groups is 1. The Morgan fingerprint density at radius 3 is 2.00 bits per heavy atom. The summed E-state index contributed by atoms with van der Waals surface area (Å²) < 4.78 is 42.8. The minimum absolute atomic E-state index is 0.179. The molecule has 0 spiro atoms. The zero-order chi connectivity index (χ0) is 24.3. The molecule has 0 radical (unpaired) electrons. The Kier molecular flexibility index (Phi) is 9.24. The predicted octanol–water partition coefficient (Wildman–Crippen LogP) is 8.23. The lowest BCUT2D eigenvalue weighted by molar-refractivity contribution is 0.588. The summed E-state index contributed by atoms with van der Waals surface area (Å²) in [6.07, 6.45) is 5.67. The number of benzene rings is 3. The smallest absolute Gasteiger partial charge is 0.153 e. The van der Waals surface area contributed by atoms with E-state index < -0.39 is 23.1 Å². The summed E-state index contributed by atoms with van der Waals surface area (Å²) in [5.41, 5.74) is 1.80. The maximum atomic E-state index is 14.6. The second-order valence-corrected chi connectivity index (χ2v) is 7.81. The van der Waals surface area contributed by atoms with Crippen LogP contribution in [-0.2, 0) is 0 Å². The molecule has 5 heteroatoms. The highest BCUT2D eigenvalue weighted by Gasteiger charge is 2.12. The number of hydrogen-bond donors (Lipinski definition) is 0. The molecular weight excluding hydrogens is 451 g/mol. The first-order valence-electron chi connectivity index (χ1n) is 11.0. The second-order valence-electron chi connectivity index (χ2n) is 7.63. The van der Waals surface area contributed by atoms with Gasteiger partial charge >= 0.3 is 0 Å². The Hall–Kier alpha value is -3.63. The second kappa shape index (κ2) is 12.6. The van der Waals surface area contributed by atoms with Gasteiger partial charge in [-0.3, -0.25) is 0 Å². The fraction of sp³-hybridized carbons (Fsp3) is 0.207. The molecule has 170 valence electrons. The van der Waals surface area contributed by atoms with Crippen LogP contribution in [0.15, 0.2) is 59.6 Å². The zero-order valence-corrected chi connectivity index (χ0v) is 19.5. The molecule has 0 N–H and O–H groups in total. The number of rotatable bonds is 6. The van der Waals surface area contributed by atoms with Crippen molar-refractivity contribution in [3.63, 3.8) is 0 Å². The summed E-state index contributed by atoms with van der Waals surface area (Å²) in [5.74, 6) is 9.68. The molecule has 1 nitrogen and oxygen atoms in total. The van der Waals surface area contributed by atoms with E-state index in [1.165, 1.54) is 31.4 Å². The first-order valence-corrected chi connectivity index (χ1v) is 11.4. The fourth-order valence-corrected chi connectivity index (χ4v) is 3.35. The number of halogens is 3. The first kappa shape index (κ1) is 25.0. The molecule has 0 bridgehead atoms. The van der Waals surface area contributed by atoms with E-state index >= 15 is 0 Å². The largest absolute Gasteiger partial charge is 0.206 e. The summed E-state index contributed by atoms with van der Waals surface area (Å²) >= 11 is 4.39. The Bertz CT molecular complexity index is 1310. The monoisotopic (exact) mass is 473 g/mol. The van der Waals surface area contributed by atoms with Crippen molar-refractivity contribution in [1.82, 2.24) is 0 Å². The van der Waals surface area contributed by atoms with Crippen molar-refractivity contribution in [3.8, 4) is 34.8 Å². The van der Waals surface area contributed by atoms with Crippen LogP contribution in [0.4, 0.5) is 18.9 Å². The zero-order valence-electron chi connectivity index (χ0n) is 18.7. The first-order chi connectivity index (χ1) is 16.5. The predicted molar refractivity (Wildman–Crippen MR) is 134 cm³/mol. The van der Waals surface area contributed by atoms with Crippen molar-refractivity contribution in [1.29, 1.82) is 0 Å².